The minimum absolute atomic E-state index is 0.0342. The average molecular weight is 469 g/mol. The first-order valence-corrected chi connectivity index (χ1v) is 11.0. The standard InChI is InChI=1S/C22H25BrN6O/c1-17-3-5-18(6-4-17)15-27-11-2-12-28(14-13-27)21(30)16-29-25-22(24-26-29)19-7-9-20(23)10-8-19/h3-10H,2,11-16H2,1H3. The molecule has 0 N–H and O–H groups in total. The van der Waals surface area contributed by atoms with Gasteiger partial charge >= 0.3 is 0 Å². The molecule has 0 unspecified atom stereocenters. The first-order chi connectivity index (χ1) is 14.6. The van der Waals surface area contributed by atoms with Crippen molar-refractivity contribution in [3.63, 3.8) is 0 Å². The largest absolute Gasteiger partial charge is 0.340 e. The summed E-state index contributed by atoms with van der Waals surface area (Å²) in [7, 11) is 0. The lowest BCUT2D eigenvalue weighted by atomic mass is 10.1. The molecule has 0 saturated carbocycles. The minimum atomic E-state index is 0.0342. The molecule has 1 fully saturated rings. The maximum absolute atomic E-state index is 12.8. The van der Waals surface area contributed by atoms with Crippen LogP contribution in [0, 0.1) is 6.92 Å². The van der Waals surface area contributed by atoms with Gasteiger partial charge < -0.3 is 4.90 Å². The van der Waals surface area contributed by atoms with E-state index in [1.807, 2.05) is 29.2 Å². The van der Waals surface area contributed by atoms with Gasteiger partial charge in [0.05, 0.1) is 0 Å². The van der Waals surface area contributed by atoms with Crippen LogP contribution in [0.15, 0.2) is 53.0 Å². The zero-order valence-corrected chi connectivity index (χ0v) is 18.6. The fraction of sp³-hybridized carbons (Fsp3) is 0.364. The van der Waals surface area contributed by atoms with E-state index in [4.69, 9.17) is 0 Å². The highest BCUT2D eigenvalue weighted by Crippen LogP contribution is 2.17. The zero-order valence-electron chi connectivity index (χ0n) is 17.0. The second-order valence-corrected chi connectivity index (χ2v) is 8.56. The Hall–Kier alpha value is -2.58. The molecule has 30 heavy (non-hydrogen) atoms. The topological polar surface area (TPSA) is 67.2 Å². The van der Waals surface area contributed by atoms with Crippen LogP contribution in [0.5, 0.6) is 0 Å². The number of carbonyl (C=O) groups is 1. The van der Waals surface area contributed by atoms with Crippen molar-refractivity contribution in [2.45, 2.75) is 26.4 Å². The fourth-order valence-electron chi connectivity index (χ4n) is 3.58. The van der Waals surface area contributed by atoms with Gasteiger partial charge in [-0.05, 0) is 48.4 Å². The van der Waals surface area contributed by atoms with E-state index in [9.17, 15) is 4.79 Å². The molecule has 0 bridgehead atoms. The Morgan fingerprint density at radius 1 is 1.00 bits per heavy atom. The monoisotopic (exact) mass is 468 g/mol. The molecule has 1 amide bonds. The molecule has 2 aromatic carbocycles. The van der Waals surface area contributed by atoms with Gasteiger partial charge in [0.15, 0.2) is 0 Å². The summed E-state index contributed by atoms with van der Waals surface area (Å²) >= 11 is 3.42. The number of amides is 1. The summed E-state index contributed by atoms with van der Waals surface area (Å²) in [5, 5.41) is 12.5. The number of benzene rings is 2. The number of halogens is 1. The lowest BCUT2D eigenvalue weighted by Crippen LogP contribution is -2.37. The van der Waals surface area contributed by atoms with Crippen molar-refractivity contribution in [1.82, 2.24) is 30.0 Å². The normalized spacial score (nSPS) is 15.2. The molecular weight excluding hydrogens is 444 g/mol. The van der Waals surface area contributed by atoms with Crippen LogP contribution in [0.2, 0.25) is 0 Å². The number of aromatic nitrogens is 4. The Kier molecular flexibility index (Phi) is 6.54. The predicted molar refractivity (Wildman–Crippen MR) is 119 cm³/mol. The van der Waals surface area contributed by atoms with E-state index in [1.54, 1.807) is 0 Å². The van der Waals surface area contributed by atoms with E-state index < -0.39 is 0 Å². The molecule has 3 aromatic rings. The summed E-state index contributed by atoms with van der Waals surface area (Å²) in [5.41, 5.74) is 3.46. The van der Waals surface area contributed by atoms with Gasteiger partial charge in [-0.15, -0.1) is 10.2 Å². The molecule has 1 saturated heterocycles. The molecule has 0 radical (unpaired) electrons. The van der Waals surface area contributed by atoms with Crippen molar-refractivity contribution >= 4 is 21.8 Å². The number of hydrogen-bond donors (Lipinski definition) is 0. The number of rotatable bonds is 5. The summed E-state index contributed by atoms with van der Waals surface area (Å²) < 4.78 is 0.992. The number of carbonyl (C=O) groups excluding carboxylic acids is 1. The molecule has 7 nitrogen and oxygen atoms in total. The lowest BCUT2D eigenvalue weighted by Gasteiger charge is -2.22. The van der Waals surface area contributed by atoms with Crippen molar-refractivity contribution in [2.24, 2.45) is 0 Å². The van der Waals surface area contributed by atoms with Crippen LogP contribution in [0.4, 0.5) is 0 Å². The Balaban J connectivity index is 1.32. The first-order valence-electron chi connectivity index (χ1n) is 10.2. The Morgan fingerprint density at radius 3 is 2.53 bits per heavy atom. The number of tetrazole rings is 1. The molecule has 1 aliphatic rings. The molecule has 2 heterocycles. The summed E-state index contributed by atoms with van der Waals surface area (Å²) in [5.74, 6) is 0.558. The van der Waals surface area contributed by atoms with Crippen molar-refractivity contribution in [2.75, 3.05) is 26.2 Å². The van der Waals surface area contributed by atoms with Crippen molar-refractivity contribution in [3.8, 4) is 11.4 Å². The number of hydrogen-bond acceptors (Lipinski definition) is 5. The van der Waals surface area contributed by atoms with Crippen LogP contribution < -0.4 is 0 Å². The van der Waals surface area contributed by atoms with E-state index in [0.717, 1.165) is 49.2 Å². The van der Waals surface area contributed by atoms with Crippen molar-refractivity contribution < 1.29 is 4.79 Å². The predicted octanol–water partition coefficient (Wildman–Crippen LogP) is 3.15. The lowest BCUT2D eigenvalue weighted by molar-refractivity contribution is -0.132. The van der Waals surface area contributed by atoms with E-state index in [1.165, 1.54) is 15.9 Å². The van der Waals surface area contributed by atoms with Crippen LogP contribution in [0.1, 0.15) is 17.5 Å². The number of aryl methyl sites for hydroxylation is 1. The van der Waals surface area contributed by atoms with E-state index in [-0.39, 0.29) is 12.5 Å². The summed E-state index contributed by atoms with van der Waals surface area (Å²) in [6, 6.07) is 16.4. The molecule has 4 rings (SSSR count). The molecule has 156 valence electrons. The van der Waals surface area contributed by atoms with Gasteiger partial charge in [0, 0.05) is 42.8 Å². The molecule has 8 heteroatoms. The highest BCUT2D eigenvalue weighted by molar-refractivity contribution is 9.10. The maximum Gasteiger partial charge on any atom is 0.246 e. The molecular formula is C22H25BrN6O. The molecule has 1 aliphatic heterocycles. The quantitative estimate of drug-likeness (QED) is 0.575. The van der Waals surface area contributed by atoms with Crippen LogP contribution in [0.3, 0.4) is 0 Å². The highest BCUT2D eigenvalue weighted by atomic mass is 79.9. The van der Waals surface area contributed by atoms with Gasteiger partial charge in [-0.25, -0.2) is 0 Å². The molecule has 0 spiro atoms. The third-order valence-electron chi connectivity index (χ3n) is 5.30. The first kappa shape index (κ1) is 20.7. The van der Waals surface area contributed by atoms with Crippen LogP contribution in [-0.4, -0.2) is 62.1 Å². The Labute approximate surface area is 184 Å². The van der Waals surface area contributed by atoms with Crippen molar-refractivity contribution in [1.29, 1.82) is 0 Å². The second-order valence-electron chi connectivity index (χ2n) is 7.65. The maximum atomic E-state index is 12.8. The third-order valence-corrected chi connectivity index (χ3v) is 5.83. The zero-order chi connectivity index (χ0) is 20.9. The van der Waals surface area contributed by atoms with Crippen molar-refractivity contribution in [3.05, 3.63) is 64.1 Å². The minimum Gasteiger partial charge on any atom is -0.340 e. The van der Waals surface area contributed by atoms with Gasteiger partial charge in [0.2, 0.25) is 11.7 Å². The molecule has 0 aliphatic carbocycles. The SMILES string of the molecule is Cc1ccc(CN2CCCN(C(=O)Cn3nnc(-c4ccc(Br)cc4)n3)CC2)cc1. The summed E-state index contributed by atoms with van der Waals surface area (Å²) in [4.78, 5) is 18.5. The van der Waals surface area contributed by atoms with Gasteiger partial charge in [-0.2, -0.15) is 4.80 Å². The van der Waals surface area contributed by atoms with E-state index >= 15 is 0 Å². The second kappa shape index (κ2) is 9.49. The fourth-order valence-corrected chi connectivity index (χ4v) is 3.84. The van der Waals surface area contributed by atoms with E-state index in [2.05, 4.69) is 67.4 Å². The number of nitrogens with zero attached hydrogens (tertiary/aromatic N) is 6. The van der Waals surface area contributed by atoms with Crippen LogP contribution in [-0.2, 0) is 17.9 Å². The van der Waals surface area contributed by atoms with Crippen LogP contribution >= 0.6 is 15.9 Å². The van der Waals surface area contributed by atoms with Gasteiger partial charge in [-0.3, -0.25) is 9.69 Å². The average Bonchev–Trinajstić information content (AvgIpc) is 3.07. The smallest absolute Gasteiger partial charge is 0.246 e. The molecule has 0 atom stereocenters. The third kappa shape index (κ3) is 5.31. The van der Waals surface area contributed by atoms with Gasteiger partial charge in [0.1, 0.15) is 6.54 Å². The van der Waals surface area contributed by atoms with Crippen LogP contribution in [0.25, 0.3) is 11.4 Å². The summed E-state index contributed by atoms with van der Waals surface area (Å²) in [6.45, 7) is 6.48. The van der Waals surface area contributed by atoms with Gasteiger partial charge in [-0.1, -0.05) is 45.8 Å². The highest BCUT2D eigenvalue weighted by Gasteiger charge is 2.20. The molecule has 1 aromatic heterocycles. The summed E-state index contributed by atoms with van der Waals surface area (Å²) in [6.07, 6.45) is 0.965. The van der Waals surface area contributed by atoms with E-state index in [0.29, 0.717) is 5.82 Å². The Morgan fingerprint density at radius 2 is 1.77 bits per heavy atom. The van der Waals surface area contributed by atoms with Gasteiger partial charge in [0.25, 0.3) is 0 Å². The Bertz CT molecular complexity index is 986.